The Hall–Kier alpha value is -0.266. The fourth-order valence-corrected chi connectivity index (χ4v) is 15.4. The van der Waals surface area contributed by atoms with Gasteiger partial charge in [-0.3, -0.25) is 4.79 Å². The van der Waals surface area contributed by atoms with E-state index >= 15 is 0 Å². The summed E-state index contributed by atoms with van der Waals surface area (Å²) in [5, 5.41) is 9.45. The number of halogens is 3. The largest absolute Gasteiger partial charge is 0.506 e. The van der Waals surface area contributed by atoms with E-state index in [0.29, 0.717) is 0 Å². The van der Waals surface area contributed by atoms with Gasteiger partial charge in [0.25, 0.3) is 5.78 Å². The minimum atomic E-state index is -5.26. The molecule has 12 heteroatoms. The molecule has 0 spiro atoms. The summed E-state index contributed by atoms with van der Waals surface area (Å²) in [6.45, 7) is 13.6. The van der Waals surface area contributed by atoms with E-state index in [4.69, 9.17) is 0 Å². The molecule has 71 heavy (non-hydrogen) atoms. The van der Waals surface area contributed by atoms with Gasteiger partial charge in [-0.05, 0) is 50.7 Å². The Morgan fingerprint density at radius 3 is 0.944 bits per heavy atom. The summed E-state index contributed by atoms with van der Waals surface area (Å²) in [5.74, 6) is -3.45. The fourth-order valence-electron chi connectivity index (χ4n) is 9.23. The zero-order valence-electron chi connectivity index (χ0n) is 46.4. The van der Waals surface area contributed by atoms with Gasteiger partial charge in [-0.2, -0.15) is 13.2 Å². The molecule has 0 aliphatic heterocycles. The van der Waals surface area contributed by atoms with Crippen LogP contribution < -0.4 is 5.63 Å². The molecule has 0 saturated heterocycles. The molecular formula is C59H107EuF3O6P2. The van der Waals surface area contributed by atoms with Crippen LogP contribution in [0.5, 0.6) is 5.75 Å². The van der Waals surface area contributed by atoms with Gasteiger partial charge in [0.05, 0.1) is 19.7 Å². The standard InChI is InChI=1S/2C24H51OP.C11H5F3O4.Eu/c2*1-4-7-10-13-16-19-22-26(25,23-20-17-14-11-8-5-2)24-21-18-15-12-9-6-3;12-11(13,14)9(16)7-8(15)5-3-1-2-4-6(5)18-10(7)17;/h2*4-24H2,1-3H3;1-4,15H;. The summed E-state index contributed by atoms with van der Waals surface area (Å²) in [7, 11) is -3.77. The number of hydrogen-bond acceptors (Lipinski definition) is 6. The maximum Gasteiger partial charge on any atom is 0.455 e. The number of unbranched alkanes of at least 4 members (excludes halogenated alkanes) is 30. The third kappa shape index (κ3) is 38.9. The number of alkyl halides is 3. The van der Waals surface area contributed by atoms with Gasteiger partial charge in [0.15, 0.2) is 5.56 Å². The van der Waals surface area contributed by atoms with Crippen molar-refractivity contribution in [2.45, 2.75) is 279 Å². The van der Waals surface area contributed by atoms with Crippen molar-refractivity contribution in [3.8, 4) is 5.75 Å². The van der Waals surface area contributed by atoms with Crippen LogP contribution in [0.15, 0.2) is 33.5 Å². The minimum absolute atomic E-state index is 0. The van der Waals surface area contributed by atoms with E-state index in [1.165, 1.54) is 255 Å². The van der Waals surface area contributed by atoms with Crippen LogP contribution in [-0.4, -0.2) is 54.0 Å². The van der Waals surface area contributed by atoms with Gasteiger partial charge in [0.2, 0.25) is 0 Å². The van der Waals surface area contributed by atoms with Crippen molar-refractivity contribution in [1.29, 1.82) is 0 Å². The van der Waals surface area contributed by atoms with E-state index in [-0.39, 0.29) is 60.3 Å². The molecule has 0 atom stereocenters. The Labute approximate surface area is 474 Å². The Bertz CT molecular complexity index is 1540. The molecule has 1 N–H and O–H groups in total. The summed E-state index contributed by atoms with van der Waals surface area (Å²) < 4.78 is 68.3. The predicted molar refractivity (Wildman–Crippen MR) is 299 cm³/mol. The molecular weight excluding hydrogens is 1080 g/mol. The number of fused-ring (bicyclic) bond motifs is 1. The summed E-state index contributed by atoms with van der Waals surface area (Å²) >= 11 is 0. The number of aromatic hydroxyl groups is 1. The third-order valence-electron chi connectivity index (χ3n) is 13.8. The number of ketones is 1. The van der Waals surface area contributed by atoms with Gasteiger partial charge < -0.3 is 18.7 Å². The van der Waals surface area contributed by atoms with Gasteiger partial charge in [-0.15, -0.1) is 0 Å². The van der Waals surface area contributed by atoms with E-state index in [0.717, 1.165) is 37.0 Å². The molecule has 0 fully saturated rings. The molecule has 0 bridgehead atoms. The number of benzene rings is 1. The van der Waals surface area contributed by atoms with Crippen LogP contribution in [0.25, 0.3) is 11.0 Å². The summed E-state index contributed by atoms with van der Waals surface area (Å²) in [5.41, 5.74) is -3.02. The smallest absolute Gasteiger partial charge is 0.455 e. The monoisotopic (exact) mass is 1180 g/mol. The van der Waals surface area contributed by atoms with Crippen molar-refractivity contribution >= 4 is 31.0 Å². The second kappa shape index (κ2) is 48.1. The number of para-hydroxylation sites is 1. The van der Waals surface area contributed by atoms with Gasteiger partial charge in [-0.25, -0.2) is 4.79 Å². The molecule has 1 aromatic carbocycles. The first-order valence-corrected chi connectivity index (χ1v) is 33.7. The van der Waals surface area contributed by atoms with Crippen molar-refractivity contribution in [1.82, 2.24) is 0 Å². The van der Waals surface area contributed by atoms with Crippen LogP contribution in [-0.2, 0) is 9.13 Å². The first-order chi connectivity index (χ1) is 33.7. The fraction of sp³-hybridized carbons (Fsp3) is 0.831. The zero-order chi connectivity index (χ0) is 52.2. The van der Waals surface area contributed by atoms with E-state index in [9.17, 15) is 37.0 Å². The molecule has 417 valence electrons. The van der Waals surface area contributed by atoms with Gasteiger partial charge in [-0.1, -0.05) is 246 Å². The molecule has 1 radical (unpaired) electrons. The first kappa shape index (κ1) is 72.8. The quantitative estimate of drug-likeness (QED) is 0.0307. The van der Waals surface area contributed by atoms with Gasteiger partial charge in [0, 0.05) is 86.3 Å². The Morgan fingerprint density at radius 1 is 0.451 bits per heavy atom. The van der Waals surface area contributed by atoms with E-state index < -0.39 is 43.2 Å². The average Bonchev–Trinajstić information content (AvgIpc) is 3.33. The third-order valence-corrected chi connectivity index (χ3v) is 20.6. The molecule has 0 amide bonds. The predicted octanol–water partition coefficient (Wildman–Crippen LogP) is 21.1. The molecule has 1 heterocycles. The number of hydrogen-bond donors (Lipinski definition) is 1. The van der Waals surface area contributed by atoms with Crippen LogP contribution in [0.2, 0.25) is 0 Å². The van der Waals surface area contributed by atoms with Crippen LogP contribution >= 0.6 is 14.3 Å². The molecule has 0 aliphatic rings. The van der Waals surface area contributed by atoms with Crippen LogP contribution in [0.4, 0.5) is 13.2 Å². The molecule has 2 aromatic rings. The van der Waals surface area contributed by atoms with Gasteiger partial charge in [0.1, 0.15) is 11.3 Å². The second-order valence-electron chi connectivity index (χ2n) is 20.5. The van der Waals surface area contributed by atoms with Crippen LogP contribution in [0, 0.1) is 49.4 Å². The Kier molecular flexibility index (Phi) is 49.4. The minimum Gasteiger partial charge on any atom is -0.506 e. The van der Waals surface area contributed by atoms with Crippen molar-refractivity contribution in [2.75, 3.05) is 37.0 Å². The van der Waals surface area contributed by atoms with E-state index in [1.807, 2.05) is 0 Å². The van der Waals surface area contributed by atoms with E-state index in [2.05, 4.69) is 46.0 Å². The Morgan fingerprint density at radius 2 is 0.690 bits per heavy atom. The normalized spacial score (nSPS) is 11.7. The number of Topliss-reactive ketones (excluding diaryl/α,β-unsaturated/α-hetero) is 1. The number of carbonyl (C=O) groups is 1. The molecule has 0 unspecified atom stereocenters. The SMILES string of the molecule is CCCCCCCCP(=O)(CCCCCCCC)CCCCCCCC.CCCCCCCCP(=O)(CCCCCCCC)CCCCCCCC.O=C(c1c(O)c2ccccc2oc1=O)C(F)(F)F.[Eu]. The van der Waals surface area contributed by atoms with Crippen LogP contribution in [0.1, 0.15) is 283 Å². The van der Waals surface area contributed by atoms with E-state index in [1.54, 1.807) is 0 Å². The summed E-state index contributed by atoms with van der Waals surface area (Å²) in [4.78, 5) is 22.3. The Balaban J connectivity index is 0. The average molecular weight is 1180 g/mol. The molecule has 2 rings (SSSR count). The zero-order valence-corrected chi connectivity index (χ0v) is 50.6. The second-order valence-corrected chi connectivity index (χ2v) is 27.4. The topological polar surface area (TPSA) is 102 Å². The van der Waals surface area contributed by atoms with Gasteiger partial charge >= 0.3 is 11.8 Å². The van der Waals surface area contributed by atoms with Crippen molar-refractivity contribution < 1.29 is 86.0 Å². The maximum absolute atomic E-state index is 13.5. The van der Waals surface area contributed by atoms with Crippen molar-refractivity contribution in [3.63, 3.8) is 0 Å². The van der Waals surface area contributed by atoms with Crippen molar-refractivity contribution in [2.24, 2.45) is 0 Å². The number of carbonyl (C=O) groups excluding carboxylic acids is 1. The molecule has 0 saturated carbocycles. The maximum atomic E-state index is 13.5. The molecule has 0 aliphatic carbocycles. The summed E-state index contributed by atoms with van der Waals surface area (Å²) in [6.07, 6.45) is 48.5. The molecule has 1 aromatic heterocycles. The molecule has 6 nitrogen and oxygen atoms in total. The number of rotatable bonds is 43. The first-order valence-electron chi connectivity index (χ1n) is 29.2. The van der Waals surface area contributed by atoms with Crippen LogP contribution in [0.3, 0.4) is 0 Å². The van der Waals surface area contributed by atoms with Crippen molar-refractivity contribution in [3.05, 3.63) is 40.2 Å². The summed E-state index contributed by atoms with van der Waals surface area (Å²) in [6, 6.07) is 5.42.